The number of amides is 1. The number of hydrogen-bond acceptors (Lipinski definition) is 4. The van der Waals surface area contributed by atoms with E-state index in [0.717, 1.165) is 5.69 Å². The maximum Gasteiger partial charge on any atom is 0.256 e. The summed E-state index contributed by atoms with van der Waals surface area (Å²) in [7, 11) is 3.91. The maximum absolute atomic E-state index is 13.5. The second-order valence-electron chi connectivity index (χ2n) is 6.69. The van der Waals surface area contributed by atoms with Crippen molar-refractivity contribution in [3.8, 4) is 0 Å². The fourth-order valence-corrected chi connectivity index (χ4v) is 3.20. The normalized spacial score (nSPS) is 20.3. The van der Waals surface area contributed by atoms with Crippen LogP contribution in [0.2, 0.25) is 0 Å². The first kappa shape index (κ1) is 17.5. The molecule has 0 bridgehead atoms. The Morgan fingerprint density at radius 2 is 2.16 bits per heavy atom. The van der Waals surface area contributed by atoms with Crippen LogP contribution in [0.3, 0.4) is 0 Å². The second kappa shape index (κ2) is 7.29. The summed E-state index contributed by atoms with van der Waals surface area (Å²) >= 11 is 0. The Morgan fingerprint density at radius 3 is 2.80 bits per heavy atom. The van der Waals surface area contributed by atoms with Gasteiger partial charge in [0.15, 0.2) is 0 Å². The lowest BCUT2D eigenvalue weighted by Crippen LogP contribution is -2.32. The maximum atomic E-state index is 13.5. The number of carbonyl (C=O) groups is 1. The molecule has 0 spiro atoms. The van der Waals surface area contributed by atoms with Gasteiger partial charge in [-0.15, -0.1) is 0 Å². The van der Waals surface area contributed by atoms with E-state index in [1.54, 1.807) is 29.3 Å². The Kier molecular flexibility index (Phi) is 5.11. The molecule has 2 heterocycles. The molecule has 1 aromatic carbocycles. The van der Waals surface area contributed by atoms with E-state index in [1.165, 1.54) is 12.1 Å². The van der Waals surface area contributed by atoms with Gasteiger partial charge in [0.1, 0.15) is 5.82 Å². The number of likely N-dealkylation sites (tertiary alicyclic amines) is 1. The average molecular weight is 343 g/mol. The Labute approximate surface area is 146 Å². The molecule has 1 N–H and O–H groups in total. The number of nitrogens with zero attached hydrogens (tertiary/aromatic N) is 3. The molecule has 0 radical (unpaired) electrons. The summed E-state index contributed by atoms with van der Waals surface area (Å²) in [6, 6.07) is 9.44. The number of aliphatic hydroxyl groups is 1. The number of aromatic nitrogens is 1. The van der Waals surface area contributed by atoms with Crippen LogP contribution in [0.15, 0.2) is 42.6 Å². The van der Waals surface area contributed by atoms with Crippen LogP contribution >= 0.6 is 0 Å². The number of rotatable bonds is 4. The summed E-state index contributed by atoms with van der Waals surface area (Å²) in [4.78, 5) is 20.8. The van der Waals surface area contributed by atoms with Gasteiger partial charge in [0, 0.05) is 19.3 Å². The van der Waals surface area contributed by atoms with Crippen LogP contribution < -0.4 is 0 Å². The number of aliphatic hydroxyl groups excluding tert-OH is 1. The van der Waals surface area contributed by atoms with Crippen molar-refractivity contribution in [2.45, 2.75) is 25.1 Å². The molecule has 1 aliphatic rings. The molecule has 25 heavy (non-hydrogen) atoms. The van der Waals surface area contributed by atoms with Gasteiger partial charge in [-0.1, -0.05) is 12.1 Å². The summed E-state index contributed by atoms with van der Waals surface area (Å²) in [5.74, 6) is -0.546. The predicted molar refractivity (Wildman–Crippen MR) is 92.4 cm³/mol. The highest BCUT2D eigenvalue weighted by molar-refractivity contribution is 5.94. The Hall–Kier alpha value is -2.31. The molecule has 0 unspecified atom stereocenters. The van der Waals surface area contributed by atoms with Crippen LogP contribution in [-0.2, 0) is 6.54 Å². The predicted octanol–water partition coefficient (Wildman–Crippen LogP) is 2.23. The van der Waals surface area contributed by atoms with Crippen molar-refractivity contribution in [1.82, 2.24) is 14.8 Å². The molecule has 5 nitrogen and oxygen atoms in total. The molecule has 1 aromatic heterocycles. The summed E-state index contributed by atoms with van der Waals surface area (Å²) < 4.78 is 13.5. The minimum Gasteiger partial charge on any atom is -0.391 e. The summed E-state index contributed by atoms with van der Waals surface area (Å²) in [6.45, 7) is 0.933. The number of β-amino-alcohol motifs (C(OH)–C–C–N with tert-alkyl or cyclic N) is 1. The molecule has 132 valence electrons. The van der Waals surface area contributed by atoms with Crippen LogP contribution in [-0.4, -0.2) is 52.5 Å². The molecule has 0 saturated carbocycles. The summed E-state index contributed by atoms with van der Waals surface area (Å²) in [5, 5.41) is 10.0. The highest BCUT2D eigenvalue weighted by atomic mass is 19.1. The molecular weight excluding hydrogens is 321 g/mol. The van der Waals surface area contributed by atoms with Crippen molar-refractivity contribution < 1.29 is 14.3 Å². The van der Waals surface area contributed by atoms with Crippen molar-refractivity contribution in [2.24, 2.45) is 0 Å². The van der Waals surface area contributed by atoms with E-state index in [0.29, 0.717) is 24.1 Å². The molecule has 6 heteroatoms. The molecule has 1 amide bonds. The minimum absolute atomic E-state index is 0.199. The zero-order chi connectivity index (χ0) is 18.0. The Morgan fingerprint density at radius 1 is 1.36 bits per heavy atom. The van der Waals surface area contributed by atoms with Crippen molar-refractivity contribution in [3.05, 3.63) is 65.2 Å². The van der Waals surface area contributed by atoms with Gasteiger partial charge in [-0.25, -0.2) is 4.39 Å². The van der Waals surface area contributed by atoms with Crippen molar-refractivity contribution in [2.75, 3.05) is 20.6 Å². The molecule has 1 saturated heterocycles. The van der Waals surface area contributed by atoms with Gasteiger partial charge in [-0.2, -0.15) is 0 Å². The fraction of sp³-hybridized carbons (Fsp3) is 0.368. The van der Waals surface area contributed by atoms with Crippen molar-refractivity contribution in [1.29, 1.82) is 0 Å². The van der Waals surface area contributed by atoms with Gasteiger partial charge < -0.3 is 14.9 Å². The lowest BCUT2D eigenvalue weighted by molar-refractivity contribution is 0.0715. The molecule has 0 aliphatic carbocycles. The Balaban J connectivity index is 1.82. The van der Waals surface area contributed by atoms with Gasteiger partial charge in [-0.05, 0) is 50.3 Å². The van der Waals surface area contributed by atoms with Crippen LogP contribution in [0.5, 0.6) is 0 Å². The van der Waals surface area contributed by atoms with Gasteiger partial charge in [0.25, 0.3) is 5.91 Å². The van der Waals surface area contributed by atoms with E-state index in [2.05, 4.69) is 4.98 Å². The van der Waals surface area contributed by atoms with Crippen LogP contribution in [0, 0.1) is 5.82 Å². The lowest BCUT2D eigenvalue weighted by atomic mass is 10.0. The molecule has 1 aliphatic heterocycles. The highest BCUT2D eigenvalue weighted by Gasteiger charge is 2.35. The van der Waals surface area contributed by atoms with Crippen molar-refractivity contribution in [3.63, 3.8) is 0 Å². The first-order valence-corrected chi connectivity index (χ1v) is 8.28. The third-order valence-corrected chi connectivity index (χ3v) is 4.32. The number of benzene rings is 1. The van der Waals surface area contributed by atoms with Gasteiger partial charge >= 0.3 is 0 Å². The monoisotopic (exact) mass is 343 g/mol. The van der Waals surface area contributed by atoms with E-state index >= 15 is 0 Å². The zero-order valence-electron chi connectivity index (χ0n) is 14.4. The smallest absolute Gasteiger partial charge is 0.256 e. The fourth-order valence-electron chi connectivity index (χ4n) is 3.20. The van der Waals surface area contributed by atoms with Gasteiger partial charge in [0.2, 0.25) is 0 Å². The average Bonchev–Trinajstić information content (AvgIpc) is 2.96. The molecule has 2 atom stereocenters. The van der Waals surface area contributed by atoms with Gasteiger partial charge in [0.05, 0.1) is 23.4 Å². The standard InChI is InChI=1S/C19H22FN3O2/c1-22(2)11-16-7-6-14(10-21-16)19(25)23-12-17(24)9-18(23)13-4-3-5-15(20)8-13/h3-8,10,17-18,24H,9,11-12H2,1-2H3/t17-,18-/m1/s1. The minimum atomic E-state index is -0.613. The number of carbonyl (C=O) groups excluding carboxylic acids is 1. The third-order valence-electron chi connectivity index (χ3n) is 4.32. The first-order valence-electron chi connectivity index (χ1n) is 8.28. The van der Waals surface area contributed by atoms with E-state index in [9.17, 15) is 14.3 Å². The van der Waals surface area contributed by atoms with E-state index in [-0.39, 0.29) is 24.3 Å². The van der Waals surface area contributed by atoms with Crippen LogP contribution in [0.4, 0.5) is 4.39 Å². The molecular formula is C19H22FN3O2. The Bertz CT molecular complexity index is 749. The number of halogens is 1. The van der Waals surface area contributed by atoms with E-state index < -0.39 is 6.10 Å². The number of hydrogen-bond donors (Lipinski definition) is 1. The van der Waals surface area contributed by atoms with Crippen LogP contribution in [0.25, 0.3) is 0 Å². The quantitative estimate of drug-likeness (QED) is 0.925. The SMILES string of the molecule is CN(C)Cc1ccc(C(=O)N2C[C@H](O)C[C@@H]2c2cccc(F)c2)cn1. The van der Waals surface area contributed by atoms with Crippen molar-refractivity contribution >= 4 is 5.91 Å². The lowest BCUT2D eigenvalue weighted by Gasteiger charge is -2.25. The highest BCUT2D eigenvalue weighted by Crippen LogP contribution is 2.33. The third kappa shape index (κ3) is 4.03. The van der Waals surface area contributed by atoms with E-state index in [1.807, 2.05) is 25.1 Å². The first-order chi connectivity index (χ1) is 11.9. The van der Waals surface area contributed by atoms with Gasteiger partial charge in [-0.3, -0.25) is 9.78 Å². The van der Waals surface area contributed by atoms with Crippen LogP contribution in [0.1, 0.15) is 34.1 Å². The largest absolute Gasteiger partial charge is 0.391 e. The summed E-state index contributed by atoms with van der Waals surface area (Å²) in [5.41, 5.74) is 2.05. The molecule has 3 rings (SSSR count). The molecule has 2 aromatic rings. The van der Waals surface area contributed by atoms with E-state index in [4.69, 9.17) is 0 Å². The zero-order valence-corrected chi connectivity index (χ0v) is 14.4. The number of pyridine rings is 1. The molecule has 1 fully saturated rings. The topological polar surface area (TPSA) is 56.7 Å². The summed E-state index contributed by atoms with van der Waals surface area (Å²) in [6.07, 6.45) is 1.36. The second-order valence-corrected chi connectivity index (χ2v) is 6.69.